The Morgan fingerprint density at radius 3 is 2.50 bits per heavy atom. The van der Waals surface area contributed by atoms with Crippen molar-refractivity contribution in [3.8, 4) is 0 Å². The SMILES string of the molecule is Cc1nn(C)c(C)c1S(=O)(=O)NC[C@@H](c1ccc(F)cc1)c1c[nH]c2ccccc12. The molecule has 0 bridgehead atoms. The van der Waals surface area contributed by atoms with Crippen molar-refractivity contribution in [3.63, 3.8) is 0 Å². The molecule has 2 heterocycles. The molecule has 156 valence electrons. The molecule has 2 aromatic heterocycles. The van der Waals surface area contributed by atoms with Crippen molar-refractivity contribution in [1.29, 1.82) is 0 Å². The summed E-state index contributed by atoms with van der Waals surface area (Å²) in [6.45, 7) is 3.54. The van der Waals surface area contributed by atoms with Gasteiger partial charge in [0.1, 0.15) is 10.7 Å². The number of rotatable bonds is 6. The summed E-state index contributed by atoms with van der Waals surface area (Å²) in [4.78, 5) is 3.43. The second-order valence-electron chi connectivity index (χ2n) is 7.37. The van der Waals surface area contributed by atoms with Crippen LogP contribution in [0, 0.1) is 19.7 Å². The van der Waals surface area contributed by atoms with Crippen LogP contribution in [0.1, 0.15) is 28.4 Å². The molecule has 0 saturated heterocycles. The van der Waals surface area contributed by atoms with Gasteiger partial charge >= 0.3 is 0 Å². The van der Waals surface area contributed by atoms with Gasteiger partial charge in [0.2, 0.25) is 10.0 Å². The van der Waals surface area contributed by atoms with Crippen LogP contribution in [0.25, 0.3) is 10.9 Å². The minimum Gasteiger partial charge on any atom is -0.361 e. The summed E-state index contributed by atoms with van der Waals surface area (Å²) in [6.07, 6.45) is 1.88. The first-order valence-electron chi connectivity index (χ1n) is 9.59. The lowest BCUT2D eigenvalue weighted by Gasteiger charge is -2.18. The predicted octanol–water partition coefficient (Wildman–Crippen LogP) is 3.77. The molecular weight excluding hydrogens is 403 g/mol. The lowest BCUT2D eigenvalue weighted by Crippen LogP contribution is -2.29. The maximum atomic E-state index is 13.5. The highest BCUT2D eigenvalue weighted by atomic mass is 32.2. The smallest absolute Gasteiger partial charge is 0.244 e. The Morgan fingerprint density at radius 2 is 1.83 bits per heavy atom. The van der Waals surface area contributed by atoms with E-state index in [1.807, 2.05) is 30.5 Å². The molecule has 0 amide bonds. The topological polar surface area (TPSA) is 79.8 Å². The summed E-state index contributed by atoms with van der Waals surface area (Å²) in [5.74, 6) is -0.632. The van der Waals surface area contributed by atoms with Crippen molar-refractivity contribution < 1.29 is 12.8 Å². The van der Waals surface area contributed by atoms with Gasteiger partial charge in [-0.3, -0.25) is 4.68 Å². The largest absolute Gasteiger partial charge is 0.361 e. The molecule has 0 aliphatic heterocycles. The summed E-state index contributed by atoms with van der Waals surface area (Å²) >= 11 is 0. The molecule has 6 nitrogen and oxygen atoms in total. The van der Waals surface area contributed by atoms with E-state index in [9.17, 15) is 12.8 Å². The number of aromatic nitrogens is 3. The highest BCUT2D eigenvalue weighted by Gasteiger charge is 2.26. The number of nitrogens with one attached hydrogen (secondary N) is 2. The van der Waals surface area contributed by atoms with Crippen molar-refractivity contribution in [1.82, 2.24) is 19.5 Å². The maximum absolute atomic E-state index is 13.5. The number of hydrogen-bond donors (Lipinski definition) is 2. The number of aromatic amines is 1. The number of fused-ring (bicyclic) bond motifs is 1. The Hall–Kier alpha value is -2.97. The fraction of sp³-hybridized carbons (Fsp3) is 0.227. The first-order valence-corrected chi connectivity index (χ1v) is 11.1. The fourth-order valence-corrected chi connectivity index (χ4v) is 5.37. The van der Waals surface area contributed by atoms with Crippen molar-refractivity contribution >= 4 is 20.9 Å². The monoisotopic (exact) mass is 426 g/mol. The van der Waals surface area contributed by atoms with E-state index in [0.29, 0.717) is 11.4 Å². The van der Waals surface area contributed by atoms with E-state index in [0.717, 1.165) is 22.0 Å². The number of aryl methyl sites for hydroxylation is 2. The Kier molecular flexibility index (Phi) is 5.21. The highest BCUT2D eigenvalue weighted by molar-refractivity contribution is 7.89. The molecule has 4 rings (SSSR count). The molecule has 0 unspecified atom stereocenters. The van der Waals surface area contributed by atoms with Gasteiger partial charge in [-0.1, -0.05) is 30.3 Å². The molecule has 2 N–H and O–H groups in total. The summed E-state index contributed by atoms with van der Waals surface area (Å²) in [7, 11) is -2.06. The minimum absolute atomic E-state index is 0.129. The molecule has 30 heavy (non-hydrogen) atoms. The number of halogens is 1. The van der Waals surface area contributed by atoms with Gasteiger partial charge in [-0.15, -0.1) is 0 Å². The van der Waals surface area contributed by atoms with Gasteiger partial charge in [-0.25, -0.2) is 17.5 Å². The zero-order valence-electron chi connectivity index (χ0n) is 17.0. The van der Waals surface area contributed by atoms with E-state index in [4.69, 9.17) is 0 Å². The molecule has 0 aliphatic rings. The molecule has 0 saturated carbocycles. The van der Waals surface area contributed by atoms with Crippen molar-refractivity contribution in [3.05, 3.63) is 83.1 Å². The Morgan fingerprint density at radius 1 is 1.13 bits per heavy atom. The Labute approximate surface area is 174 Å². The van der Waals surface area contributed by atoms with Crippen LogP contribution in [0.3, 0.4) is 0 Å². The molecule has 0 aliphatic carbocycles. The maximum Gasteiger partial charge on any atom is 0.244 e. The van der Waals surface area contributed by atoms with Gasteiger partial charge in [0.05, 0.1) is 11.4 Å². The summed E-state index contributed by atoms with van der Waals surface area (Å²) < 4.78 is 44.0. The van der Waals surface area contributed by atoms with Crippen molar-refractivity contribution in [2.45, 2.75) is 24.7 Å². The minimum atomic E-state index is -3.77. The van der Waals surface area contributed by atoms with Crippen LogP contribution in [0.5, 0.6) is 0 Å². The van der Waals surface area contributed by atoms with Gasteiger partial charge in [0.15, 0.2) is 0 Å². The van der Waals surface area contributed by atoms with Crippen LogP contribution in [-0.4, -0.2) is 29.7 Å². The standard InChI is InChI=1S/C22H23FN4O2S/c1-14-22(15(2)27(3)26-14)30(28,29)25-13-19(16-8-10-17(23)11-9-16)20-12-24-21-7-5-4-6-18(20)21/h4-12,19,24-25H,13H2,1-3H3/t19-/m0/s1. The molecule has 0 radical (unpaired) electrons. The fourth-order valence-electron chi connectivity index (χ4n) is 3.89. The van der Waals surface area contributed by atoms with E-state index < -0.39 is 10.0 Å². The molecular formula is C22H23FN4O2S. The van der Waals surface area contributed by atoms with Gasteiger partial charge < -0.3 is 4.98 Å². The zero-order valence-corrected chi connectivity index (χ0v) is 17.8. The number of benzene rings is 2. The predicted molar refractivity (Wildman–Crippen MR) is 114 cm³/mol. The lowest BCUT2D eigenvalue weighted by molar-refractivity contribution is 0.575. The van der Waals surface area contributed by atoms with Gasteiger partial charge in [0.25, 0.3) is 0 Å². The van der Waals surface area contributed by atoms with Crippen LogP contribution < -0.4 is 4.72 Å². The average molecular weight is 427 g/mol. The van der Waals surface area contributed by atoms with E-state index >= 15 is 0 Å². The normalized spacial score (nSPS) is 13.1. The second-order valence-corrected chi connectivity index (χ2v) is 9.07. The quantitative estimate of drug-likeness (QED) is 0.493. The third-order valence-electron chi connectivity index (χ3n) is 5.46. The van der Waals surface area contributed by atoms with Crippen LogP contribution in [-0.2, 0) is 17.1 Å². The van der Waals surface area contributed by atoms with Gasteiger partial charge in [0, 0.05) is 36.6 Å². The van der Waals surface area contributed by atoms with Crippen LogP contribution in [0.4, 0.5) is 4.39 Å². The molecule has 0 fully saturated rings. The van der Waals surface area contributed by atoms with Crippen molar-refractivity contribution in [2.24, 2.45) is 7.05 Å². The zero-order chi connectivity index (χ0) is 21.5. The summed E-state index contributed by atoms with van der Waals surface area (Å²) in [6, 6.07) is 14.0. The van der Waals surface area contributed by atoms with Gasteiger partial charge in [-0.2, -0.15) is 5.10 Å². The number of para-hydroxylation sites is 1. The number of sulfonamides is 1. The summed E-state index contributed by atoms with van der Waals surface area (Å²) in [5.41, 5.74) is 3.75. The first kappa shape index (κ1) is 20.3. The van der Waals surface area contributed by atoms with E-state index in [2.05, 4.69) is 14.8 Å². The third-order valence-corrected chi connectivity index (χ3v) is 7.13. The number of H-pyrrole nitrogens is 1. The van der Waals surface area contributed by atoms with Crippen LogP contribution in [0.15, 0.2) is 59.6 Å². The molecule has 8 heteroatoms. The van der Waals surface area contributed by atoms with E-state index in [-0.39, 0.29) is 23.2 Å². The number of hydrogen-bond acceptors (Lipinski definition) is 3. The van der Waals surface area contributed by atoms with E-state index in [1.54, 1.807) is 37.7 Å². The van der Waals surface area contributed by atoms with E-state index in [1.165, 1.54) is 12.1 Å². The first-order chi connectivity index (χ1) is 14.3. The highest BCUT2D eigenvalue weighted by Crippen LogP contribution is 2.31. The summed E-state index contributed by atoms with van der Waals surface area (Å²) in [5, 5.41) is 5.21. The molecule has 2 aromatic carbocycles. The molecule has 1 atom stereocenters. The molecule has 4 aromatic rings. The Bertz CT molecular complexity index is 1310. The van der Waals surface area contributed by atoms with Crippen LogP contribution >= 0.6 is 0 Å². The number of nitrogens with zero attached hydrogens (tertiary/aromatic N) is 2. The average Bonchev–Trinajstić information content (AvgIpc) is 3.24. The second kappa shape index (κ2) is 7.70. The van der Waals surface area contributed by atoms with Crippen molar-refractivity contribution in [2.75, 3.05) is 6.54 Å². The van der Waals surface area contributed by atoms with Crippen LogP contribution in [0.2, 0.25) is 0 Å². The lowest BCUT2D eigenvalue weighted by atomic mass is 9.91. The molecule has 0 spiro atoms. The van der Waals surface area contributed by atoms with Gasteiger partial charge in [-0.05, 0) is 43.2 Å². The third kappa shape index (κ3) is 3.64. The Balaban J connectivity index is 1.73.